The van der Waals surface area contributed by atoms with Crippen LogP contribution in [0.5, 0.6) is 5.75 Å². The Bertz CT molecular complexity index is 1360. The molecule has 0 aliphatic carbocycles. The van der Waals surface area contributed by atoms with Crippen molar-refractivity contribution < 1.29 is 53.8 Å². The largest absolute Gasteiger partial charge is 0.496 e. The van der Waals surface area contributed by atoms with E-state index in [9.17, 15) is 44.3 Å². The van der Waals surface area contributed by atoms with E-state index in [-0.39, 0.29) is 17.5 Å². The van der Waals surface area contributed by atoms with E-state index in [2.05, 4.69) is 5.32 Å². The topological polar surface area (TPSA) is 47.6 Å². The Labute approximate surface area is 229 Å². The monoisotopic (exact) mass is 593 g/mol. The number of carbonyl (C=O) groups excluding carboxylic acids is 1. The smallest absolute Gasteiger partial charge is 0.416 e. The van der Waals surface area contributed by atoms with Crippen molar-refractivity contribution in [3.05, 3.63) is 88.0 Å². The summed E-state index contributed by atoms with van der Waals surface area (Å²) in [4.78, 5) is 12.3. The van der Waals surface area contributed by atoms with Crippen LogP contribution in [0.25, 0.3) is 11.1 Å². The number of nitrogens with one attached hydrogen (secondary N) is 1. The van der Waals surface area contributed by atoms with Gasteiger partial charge >= 0.3 is 24.6 Å². The lowest BCUT2D eigenvalue weighted by Gasteiger charge is -2.18. The number of rotatable bonds is 7. The van der Waals surface area contributed by atoms with E-state index < -0.39 is 60.0 Å². The molecule has 0 aliphatic rings. The molecular weight excluding hydrogens is 569 g/mol. The lowest BCUT2D eigenvalue weighted by Crippen LogP contribution is -2.24. The number of halogens is 9. The van der Waals surface area contributed by atoms with Crippen LogP contribution in [0.4, 0.5) is 44.3 Å². The molecule has 1 N–H and O–H groups in total. The molecule has 0 saturated heterocycles. The number of carbonyl (C=O) groups is 1. The lowest BCUT2D eigenvalue weighted by atomic mass is 9.92. The van der Waals surface area contributed by atoms with Crippen LogP contribution in [0.1, 0.15) is 53.1 Å². The quantitative estimate of drug-likeness (QED) is 0.278. The van der Waals surface area contributed by atoms with Gasteiger partial charge in [-0.1, -0.05) is 26.0 Å². The molecule has 0 radical (unpaired) electrons. The van der Waals surface area contributed by atoms with Gasteiger partial charge in [0, 0.05) is 12.1 Å². The zero-order valence-corrected chi connectivity index (χ0v) is 21.8. The highest BCUT2D eigenvalue weighted by molar-refractivity contribution is 5.75. The average Bonchev–Trinajstić information content (AvgIpc) is 2.88. The van der Waals surface area contributed by atoms with Crippen LogP contribution in [0.15, 0.2) is 54.6 Å². The predicted octanol–water partition coefficient (Wildman–Crippen LogP) is 8.97. The van der Waals surface area contributed by atoms with Crippen LogP contribution >= 0.6 is 0 Å². The van der Waals surface area contributed by atoms with Crippen LogP contribution in [-0.2, 0) is 36.4 Å². The van der Waals surface area contributed by atoms with Gasteiger partial charge in [-0.3, -0.25) is 0 Å². The number of alkyl carbamates (subject to hydrolysis) is 1. The second kappa shape index (κ2) is 11.9. The summed E-state index contributed by atoms with van der Waals surface area (Å²) >= 11 is 0. The Morgan fingerprint density at radius 3 is 1.85 bits per heavy atom. The first-order valence-corrected chi connectivity index (χ1v) is 12.0. The van der Waals surface area contributed by atoms with E-state index in [1.807, 2.05) is 13.8 Å². The van der Waals surface area contributed by atoms with Gasteiger partial charge in [-0.2, -0.15) is 39.5 Å². The molecule has 3 aromatic rings. The van der Waals surface area contributed by atoms with Crippen molar-refractivity contribution in [2.75, 3.05) is 7.11 Å². The van der Waals surface area contributed by atoms with E-state index in [0.29, 0.717) is 29.0 Å². The van der Waals surface area contributed by atoms with Crippen molar-refractivity contribution in [1.29, 1.82) is 0 Å². The van der Waals surface area contributed by atoms with Gasteiger partial charge in [0.1, 0.15) is 12.4 Å². The summed E-state index contributed by atoms with van der Waals surface area (Å²) < 4.78 is 129. The number of hydrogen-bond acceptors (Lipinski definition) is 3. The molecule has 4 nitrogen and oxygen atoms in total. The fourth-order valence-electron chi connectivity index (χ4n) is 3.94. The Kier molecular flexibility index (Phi) is 9.19. The molecule has 3 rings (SSSR count). The van der Waals surface area contributed by atoms with Gasteiger partial charge in [-0.15, -0.1) is 0 Å². The SMILES string of the molecule is COc1ccc(C(C)C)cc1-c1ccc(C(F)(F)F)cc1CNC(=O)OCc1cc(C(F)(F)F)cc(C(F)(F)F)c1. The average molecular weight is 593 g/mol. The first-order valence-electron chi connectivity index (χ1n) is 12.0. The minimum Gasteiger partial charge on any atom is -0.496 e. The van der Waals surface area contributed by atoms with Gasteiger partial charge < -0.3 is 14.8 Å². The van der Waals surface area contributed by atoms with Crippen LogP contribution in [0, 0.1) is 0 Å². The van der Waals surface area contributed by atoms with Gasteiger partial charge in [-0.05, 0) is 70.6 Å². The molecule has 0 aromatic heterocycles. The van der Waals surface area contributed by atoms with Crippen molar-refractivity contribution in [2.24, 2.45) is 0 Å². The van der Waals surface area contributed by atoms with Crippen LogP contribution < -0.4 is 10.1 Å². The molecule has 0 heterocycles. The van der Waals surface area contributed by atoms with E-state index >= 15 is 0 Å². The molecule has 41 heavy (non-hydrogen) atoms. The molecule has 1 amide bonds. The maximum Gasteiger partial charge on any atom is 0.416 e. The number of methoxy groups -OCH3 is 1. The molecule has 0 aliphatic heterocycles. The summed E-state index contributed by atoms with van der Waals surface area (Å²) in [6.45, 7) is 2.36. The van der Waals surface area contributed by atoms with Gasteiger partial charge in [-0.25, -0.2) is 4.79 Å². The Morgan fingerprint density at radius 2 is 1.34 bits per heavy atom. The molecule has 0 fully saturated rings. The maximum absolute atomic E-state index is 13.5. The molecule has 3 aromatic carbocycles. The summed E-state index contributed by atoms with van der Waals surface area (Å²) in [7, 11) is 1.38. The third-order valence-electron chi connectivity index (χ3n) is 6.05. The normalized spacial score (nSPS) is 12.4. The standard InChI is InChI=1S/C28H24F9NO3/c1-15(2)17-4-7-24(40-3)23(11-17)22-6-5-19(26(29,30)31)10-18(22)13-38-25(39)41-14-16-8-20(27(32,33)34)12-21(9-16)28(35,36)37/h4-12,15H,13-14H2,1-3H3,(H,38,39). The van der Waals surface area contributed by atoms with Crippen molar-refractivity contribution in [3.63, 3.8) is 0 Å². The molecular formula is C28H24F9NO3. The summed E-state index contributed by atoms with van der Waals surface area (Å²) in [6, 6.07) is 8.82. The Morgan fingerprint density at radius 1 is 0.756 bits per heavy atom. The number of hydrogen-bond donors (Lipinski definition) is 1. The molecule has 0 bridgehead atoms. The maximum atomic E-state index is 13.5. The van der Waals surface area contributed by atoms with Gasteiger partial charge in [0.2, 0.25) is 0 Å². The summed E-state index contributed by atoms with van der Waals surface area (Å²) in [5.41, 5.74) is -3.15. The fourth-order valence-corrected chi connectivity index (χ4v) is 3.94. The summed E-state index contributed by atoms with van der Waals surface area (Å²) in [6.07, 6.45) is -16.2. The van der Waals surface area contributed by atoms with E-state index in [0.717, 1.165) is 17.7 Å². The predicted molar refractivity (Wildman–Crippen MR) is 131 cm³/mol. The van der Waals surface area contributed by atoms with E-state index in [1.165, 1.54) is 13.2 Å². The number of alkyl halides is 9. The molecule has 222 valence electrons. The number of amides is 1. The molecule has 13 heteroatoms. The molecule has 0 spiro atoms. The van der Waals surface area contributed by atoms with Crippen molar-refractivity contribution >= 4 is 6.09 Å². The van der Waals surface area contributed by atoms with Crippen molar-refractivity contribution in [1.82, 2.24) is 5.32 Å². The van der Waals surface area contributed by atoms with Crippen molar-refractivity contribution in [2.45, 2.75) is 51.4 Å². The first kappa shape index (κ1) is 31.6. The third-order valence-corrected chi connectivity index (χ3v) is 6.05. The summed E-state index contributed by atoms with van der Waals surface area (Å²) in [5.74, 6) is 0.419. The Hall–Kier alpha value is -3.90. The van der Waals surface area contributed by atoms with E-state index in [1.54, 1.807) is 18.2 Å². The molecule has 0 saturated carbocycles. The number of ether oxygens (including phenoxy) is 2. The van der Waals surface area contributed by atoms with Gasteiger partial charge in [0.15, 0.2) is 0 Å². The third kappa shape index (κ3) is 8.08. The van der Waals surface area contributed by atoms with Crippen LogP contribution in [0.2, 0.25) is 0 Å². The lowest BCUT2D eigenvalue weighted by molar-refractivity contribution is -0.143. The second-order valence-electron chi connectivity index (χ2n) is 9.33. The highest BCUT2D eigenvalue weighted by Crippen LogP contribution is 2.39. The minimum absolute atomic E-state index is 0.00871. The second-order valence-corrected chi connectivity index (χ2v) is 9.33. The highest BCUT2D eigenvalue weighted by Gasteiger charge is 2.37. The van der Waals surface area contributed by atoms with Crippen LogP contribution in [-0.4, -0.2) is 13.2 Å². The molecule has 0 unspecified atom stereocenters. The van der Waals surface area contributed by atoms with Gasteiger partial charge in [0.25, 0.3) is 0 Å². The first-order chi connectivity index (χ1) is 18.9. The highest BCUT2D eigenvalue weighted by atomic mass is 19.4. The van der Waals surface area contributed by atoms with E-state index in [4.69, 9.17) is 9.47 Å². The minimum atomic E-state index is -5.09. The van der Waals surface area contributed by atoms with Gasteiger partial charge in [0.05, 0.1) is 23.8 Å². The zero-order valence-electron chi connectivity index (χ0n) is 21.8. The molecule has 0 atom stereocenters. The van der Waals surface area contributed by atoms with Crippen LogP contribution in [0.3, 0.4) is 0 Å². The summed E-state index contributed by atoms with van der Waals surface area (Å²) in [5, 5.41) is 2.21. The number of benzene rings is 3. The fraction of sp³-hybridized carbons (Fsp3) is 0.321. The Balaban J connectivity index is 1.88. The van der Waals surface area contributed by atoms with Crippen molar-refractivity contribution in [3.8, 4) is 16.9 Å². The zero-order chi connectivity index (χ0) is 30.8.